The molecule has 1 aliphatic rings. The van der Waals surface area contributed by atoms with E-state index in [9.17, 15) is 4.79 Å². The first kappa shape index (κ1) is 14.9. The summed E-state index contributed by atoms with van der Waals surface area (Å²) in [4.78, 5) is 13.8. The molecule has 2 rings (SSSR count). The molecule has 1 aliphatic carbocycles. The molecule has 1 aromatic rings. The third kappa shape index (κ3) is 3.51. The highest BCUT2D eigenvalue weighted by molar-refractivity contribution is 5.93. The number of anilines is 1. The van der Waals surface area contributed by atoms with Gasteiger partial charge in [0.2, 0.25) is 5.91 Å². The molecular weight excluding hydrogens is 250 g/mol. The van der Waals surface area contributed by atoms with E-state index in [0.29, 0.717) is 11.6 Å². The van der Waals surface area contributed by atoms with E-state index in [1.807, 2.05) is 6.07 Å². The zero-order valence-corrected chi connectivity index (χ0v) is 12.3. The van der Waals surface area contributed by atoms with Crippen molar-refractivity contribution in [3.05, 3.63) is 29.3 Å². The highest BCUT2D eigenvalue weighted by Crippen LogP contribution is 2.25. The normalized spacial score (nSPS) is 16.5. The van der Waals surface area contributed by atoms with Gasteiger partial charge in [-0.05, 0) is 43.1 Å². The summed E-state index contributed by atoms with van der Waals surface area (Å²) in [5.41, 5.74) is 13.7. The number of benzene rings is 1. The van der Waals surface area contributed by atoms with Crippen LogP contribution in [-0.4, -0.2) is 23.4 Å². The van der Waals surface area contributed by atoms with Crippen molar-refractivity contribution in [2.45, 2.75) is 51.6 Å². The molecule has 1 amide bonds. The van der Waals surface area contributed by atoms with Gasteiger partial charge in [0.15, 0.2) is 0 Å². The highest BCUT2D eigenvalue weighted by atomic mass is 16.1. The minimum Gasteiger partial charge on any atom is -0.398 e. The Balaban J connectivity index is 2.13. The summed E-state index contributed by atoms with van der Waals surface area (Å²) in [6, 6.07) is 5.95. The zero-order valence-electron chi connectivity index (χ0n) is 12.3. The smallest absolute Gasteiger partial charge is 0.248 e. The van der Waals surface area contributed by atoms with Crippen LogP contribution in [-0.2, 0) is 6.54 Å². The molecule has 0 spiro atoms. The number of hydrogen-bond donors (Lipinski definition) is 2. The van der Waals surface area contributed by atoms with Crippen LogP contribution in [0.2, 0.25) is 0 Å². The Morgan fingerprint density at radius 3 is 2.60 bits per heavy atom. The Labute approximate surface area is 121 Å². The van der Waals surface area contributed by atoms with Crippen LogP contribution in [0.5, 0.6) is 0 Å². The van der Waals surface area contributed by atoms with Gasteiger partial charge < -0.3 is 11.5 Å². The Morgan fingerprint density at radius 2 is 2.00 bits per heavy atom. The Morgan fingerprint density at radius 1 is 1.30 bits per heavy atom. The fourth-order valence-corrected chi connectivity index (χ4v) is 3.06. The van der Waals surface area contributed by atoms with Crippen molar-refractivity contribution in [2.75, 3.05) is 12.3 Å². The molecule has 1 saturated carbocycles. The molecular formula is C16H25N3O. The first-order valence-corrected chi connectivity index (χ1v) is 7.54. The Hall–Kier alpha value is -1.55. The number of carbonyl (C=O) groups is 1. The van der Waals surface area contributed by atoms with E-state index in [0.717, 1.165) is 24.3 Å². The molecule has 4 heteroatoms. The number of amides is 1. The molecule has 0 unspecified atom stereocenters. The van der Waals surface area contributed by atoms with Crippen molar-refractivity contribution in [1.82, 2.24) is 4.90 Å². The second kappa shape index (κ2) is 6.75. The van der Waals surface area contributed by atoms with Crippen molar-refractivity contribution in [2.24, 2.45) is 5.73 Å². The monoisotopic (exact) mass is 275 g/mol. The second-order valence-electron chi connectivity index (χ2n) is 5.63. The van der Waals surface area contributed by atoms with Crippen LogP contribution >= 0.6 is 0 Å². The Bertz CT molecular complexity index is 467. The number of hydrogen-bond acceptors (Lipinski definition) is 3. The summed E-state index contributed by atoms with van der Waals surface area (Å²) >= 11 is 0. The fraction of sp³-hybridized carbons (Fsp3) is 0.562. The van der Waals surface area contributed by atoms with Gasteiger partial charge in [-0.15, -0.1) is 0 Å². The van der Waals surface area contributed by atoms with Gasteiger partial charge in [-0.3, -0.25) is 9.69 Å². The predicted octanol–water partition coefficient (Wildman–Crippen LogP) is 2.52. The molecule has 1 fully saturated rings. The molecule has 110 valence electrons. The molecule has 4 N–H and O–H groups in total. The van der Waals surface area contributed by atoms with Crippen LogP contribution in [0.3, 0.4) is 0 Å². The second-order valence-corrected chi connectivity index (χ2v) is 5.63. The van der Waals surface area contributed by atoms with Crippen LogP contribution in [0, 0.1) is 0 Å². The van der Waals surface area contributed by atoms with E-state index in [-0.39, 0.29) is 0 Å². The van der Waals surface area contributed by atoms with Crippen LogP contribution < -0.4 is 11.5 Å². The summed E-state index contributed by atoms with van der Waals surface area (Å²) in [7, 11) is 0. The molecule has 1 aromatic carbocycles. The van der Waals surface area contributed by atoms with Gasteiger partial charge in [-0.2, -0.15) is 0 Å². The van der Waals surface area contributed by atoms with Crippen molar-refractivity contribution in [1.29, 1.82) is 0 Å². The van der Waals surface area contributed by atoms with Gasteiger partial charge in [0.05, 0.1) is 0 Å². The van der Waals surface area contributed by atoms with E-state index < -0.39 is 5.91 Å². The maximum atomic E-state index is 11.3. The molecule has 20 heavy (non-hydrogen) atoms. The maximum absolute atomic E-state index is 11.3. The van der Waals surface area contributed by atoms with Crippen LogP contribution in [0.1, 0.15) is 54.9 Å². The minimum absolute atomic E-state index is 0.396. The maximum Gasteiger partial charge on any atom is 0.248 e. The van der Waals surface area contributed by atoms with Crippen molar-refractivity contribution >= 4 is 11.6 Å². The molecule has 0 radical (unpaired) electrons. The molecule has 0 bridgehead atoms. The largest absolute Gasteiger partial charge is 0.398 e. The van der Waals surface area contributed by atoms with Crippen molar-refractivity contribution < 1.29 is 4.79 Å². The first-order chi connectivity index (χ1) is 9.61. The lowest BCUT2D eigenvalue weighted by molar-refractivity contribution is 0.1000. The Kier molecular flexibility index (Phi) is 5.01. The summed E-state index contributed by atoms with van der Waals surface area (Å²) in [5.74, 6) is -0.396. The van der Waals surface area contributed by atoms with E-state index in [4.69, 9.17) is 11.5 Å². The first-order valence-electron chi connectivity index (χ1n) is 7.54. The third-order valence-electron chi connectivity index (χ3n) is 4.30. The summed E-state index contributed by atoms with van der Waals surface area (Å²) in [6.45, 7) is 3.99. The SMILES string of the molecule is CCN(Cc1cc(C(N)=O)ccc1N)C1CCCCC1. The van der Waals surface area contributed by atoms with E-state index in [1.54, 1.807) is 12.1 Å². The lowest BCUT2D eigenvalue weighted by atomic mass is 9.93. The summed E-state index contributed by atoms with van der Waals surface area (Å²) in [6.07, 6.45) is 6.52. The number of nitrogens with zero attached hydrogens (tertiary/aromatic N) is 1. The molecule has 0 aliphatic heterocycles. The average Bonchev–Trinajstić information content (AvgIpc) is 2.47. The fourth-order valence-electron chi connectivity index (χ4n) is 3.06. The van der Waals surface area contributed by atoms with Gasteiger partial charge in [-0.25, -0.2) is 0 Å². The third-order valence-corrected chi connectivity index (χ3v) is 4.30. The topological polar surface area (TPSA) is 72.3 Å². The van der Waals surface area contributed by atoms with E-state index in [1.165, 1.54) is 32.1 Å². The number of nitrogen functional groups attached to an aromatic ring is 1. The van der Waals surface area contributed by atoms with E-state index in [2.05, 4.69) is 11.8 Å². The lowest BCUT2D eigenvalue weighted by Gasteiger charge is -2.33. The highest BCUT2D eigenvalue weighted by Gasteiger charge is 2.20. The molecule has 0 aromatic heterocycles. The van der Waals surface area contributed by atoms with Crippen LogP contribution in [0.4, 0.5) is 5.69 Å². The molecule has 4 nitrogen and oxygen atoms in total. The number of primary amides is 1. The molecule has 0 atom stereocenters. The standard InChI is InChI=1S/C16H25N3O/c1-2-19(14-6-4-3-5-7-14)11-13-10-12(16(18)20)8-9-15(13)17/h8-10,14H,2-7,11,17H2,1H3,(H2,18,20). The van der Waals surface area contributed by atoms with Crippen LogP contribution in [0.25, 0.3) is 0 Å². The quantitative estimate of drug-likeness (QED) is 0.811. The van der Waals surface area contributed by atoms with Gasteiger partial charge in [-0.1, -0.05) is 26.2 Å². The van der Waals surface area contributed by atoms with Gasteiger partial charge in [0.1, 0.15) is 0 Å². The van der Waals surface area contributed by atoms with Crippen molar-refractivity contribution in [3.8, 4) is 0 Å². The number of carbonyl (C=O) groups excluding carboxylic acids is 1. The lowest BCUT2D eigenvalue weighted by Crippen LogP contribution is -2.36. The van der Waals surface area contributed by atoms with E-state index >= 15 is 0 Å². The summed E-state index contributed by atoms with van der Waals surface area (Å²) in [5, 5.41) is 0. The van der Waals surface area contributed by atoms with Gasteiger partial charge in [0, 0.05) is 23.8 Å². The average molecular weight is 275 g/mol. The number of nitrogens with two attached hydrogens (primary N) is 2. The summed E-state index contributed by atoms with van der Waals surface area (Å²) < 4.78 is 0. The molecule has 0 heterocycles. The zero-order chi connectivity index (χ0) is 14.5. The van der Waals surface area contributed by atoms with Crippen LogP contribution in [0.15, 0.2) is 18.2 Å². The molecule has 0 saturated heterocycles. The predicted molar refractivity (Wildman–Crippen MR) is 82.3 cm³/mol. The van der Waals surface area contributed by atoms with Gasteiger partial charge in [0.25, 0.3) is 0 Å². The minimum atomic E-state index is -0.396. The number of rotatable bonds is 5. The van der Waals surface area contributed by atoms with Gasteiger partial charge >= 0.3 is 0 Å². The van der Waals surface area contributed by atoms with Crippen molar-refractivity contribution in [3.63, 3.8) is 0 Å².